The van der Waals surface area contributed by atoms with Crippen LogP contribution in [0.1, 0.15) is 85.0 Å². The summed E-state index contributed by atoms with van der Waals surface area (Å²) in [5.74, 6) is 1.55. The van der Waals surface area contributed by atoms with E-state index in [-0.39, 0.29) is 11.1 Å². The van der Waals surface area contributed by atoms with Gasteiger partial charge in [-0.05, 0) is 75.0 Å². The number of rotatable bonds is 1. The summed E-state index contributed by atoms with van der Waals surface area (Å²) in [4.78, 5) is 0. The molecule has 1 saturated heterocycles. The predicted molar refractivity (Wildman–Crippen MR) is 88.2 cm³/mol. The fourth-order valence-corrected chi connectivity index (χ4v) is 5.10. The van der Waals surface area contributed by atoms with Gasteiger partial charge in [0.2, 0.25) is 0 Å². The molecule has 0 aromatic rings. The Bertz CT molecular complexity index is 368. The van der Waals surface area contributed by atoms with Gasteiger partial charge in [-0.3, -0.25) is 0 Å². The maximum atomic E-state index is 6.98. The van der Waals surface area contributed by atoms with E-state index in [2.05, 4.69) is 20.8 Å². The fourth-order valence-electron chi connectivity index (χ4n) is 5.10. The molecule has 1 spiro atoms. The molecule has 3 aliphatic rings. The van der Waals surface area contributed by atoms with Crippen molar-refractivity contribution in [1.29, 1.82) is 0 Å². The highest BCUT2D eigenvalue weighted by Crippen LogP contribution is 2.49. The van der Waals surface area contributed by atoms with E-state index >= 15 is 0 Å². The van der Waals surface area contributed by atoms with E-state index in [1.807, 2.05) is 0 Å². The first-order chi connectivity index (χ1) is 9.83. The van der Waals surface area contributed by atoms with Gasteiger partial charge in [0.25, 0.3) is 0 Å². The number of hydrogen-bond donors (Lipinski definition) is 1. The molecule has 122 valence electrons. The van der Waals surface area contributed by atoms with Gasteiger partial charge in [0.1, 0.15) is 0 Å². The molecule has 3 fully saturated rings. The van der Waals surface area contributed by atoms with Crippen LogP contribution >= 0.6 is 0 Å². The van der Waals surface area contributed by atoms with E-state index in [0.717, 1.165) is 12.5 Å². The summed E-state index contributed by atoms with van der Waals surface area (Å²) in [5, 5.41) is 0. The van der Waals surface area contributed by atoms with Crippen molar-refractivity contribution in [3.05, 3.63) is 0 Å². The molecule has 3 atom stereocenters. The number of nitrogens with two attached hydrogens (primary N) is 1. The van der Waals surface area contributed by atoms with Crippen LogP contribution in [0.5, 0.6) is 0 Å². The highest BCUT2D eigenvalue weighted by atomic mass is 16.5. The molecule has 1 heterocycles. The van der Waals surface area contributed by atoms with E-state index in [9.17, 15) is 0 Å². The molecule has 0 radical (unpaired) electrons. The van der Waals surface area contributed by atoms with Gasteiger partial charge < -0.3 is 10.5 Å². The van der Waals surface area contributed by atoms with Crippen molar-refractivity contribution in [2.24, 2.45) is 23.0 Å². The summed E-state index contributed by atoms with van der Waals surface area (Å²) in [6, 6.07) is 0. The number of hydrogen-bond acceptors (Lipinski definition) is 2. The topological polar surface area (TPSA) is 35.2 Å². The zero-order chi connectivity index (χ0) is 15.1. The molecule has 0 bridgehead atoms. The molecule has 3 unspecified atom stereocenters. The predicted octanol–water partition coefficient (Wildman–Crippen LogP) is 4.66. The molecule has 2 N–H and O–H groups in total. The molecule has 21 heavy (non-hydrogen) atoms. The first kappa shape index (κ1) is 15.8. The third-order valence-corrected chi connectivity index (χ3v) is 6.95. The van der Waals surface area contributed by atoms with Crippen molar-refractivity contribution < 1.29 is 4.74 Å². The van der Waals surface area contributed by atoms with Crippen molar-refractivity contribution >= 4 is 0 Å². The van der Waals surface area contributed by atoms with Gasteiger partial charge in [0.15, 0.2) is 0 Å². The van der Waals surface area contributed by atoms with Crippen LogP contribution in [0.4, 0.5) is 0 Å². The lowest BCUT2D eigenvalue weighted by atomic mass is 9.65. The summed E-state index contributed by atoms with van der Waals surface area (Å²) in [7, 11) is 0. The second-order valence-electron chi connectivity index (χ2n) is 9.30. The maximum absolute atomic E-state index is 6.98. The van der Waals surface area contributed by atoms with Gasteiger partial charge in [-0.1, -0.05) is 27.2 Å². The Hall–Kier alpha value is -0.0800. The van der Waals surface area contributed by atoms with Crippen molar-refractivity contribution in [3.63, 3.8) is 0 Å². The second-order valence-corrected chi connectivity index (χ2v) is 9.30. The Morgan fingerprint density at radius 1 is 0.952 bits per heavy atom. The normalized spacial score (nSPS) is 40.6. The molecular formula is C19H35NO. The summed E-state index contributed by atoms with van der Waals surface area (Å²) in [6.07, 6.45) is 12.8. The quantitative estimate of drug-likeness (QED) is 0.714. The lowest BCUT2D eigenvalue weighted by Gasteiger charge is -2.51. The molecule has 2 aliphatic carbocycles. The van der Waals surface area contributed by atoms with Crippen LogP contribution in [0.3, 0.4) is 0 Å². The average molecular weight is 293 g/mol. The van der Waals surface area contributed by atoms with E-state index < -0.39 is 0 Å². The van der Waals surface area contributed by atoms with E-state index in [4.69, 9.17) is 10.5 Å². The minimum absolute atomic E-state index is 0.0897. The summed E-state index contributed by atoms with van der Waals surface area (Å²) >= 11 is 0. The van der Waals surface area contributed by atoms with Crippen LogP contribution in [-0.2, 0) is 4.74 Å². The van der Waals surface area contributed by atoms with Gasteiger partial charge in [-0.15, -0.1) is 0 Å². The zero-order valence-electron chi connectivity index (χ0n) is 14.4. The highest BCUT2D eigenvalue weighted by molar-refractivity contribution is 5.02. The van der Waals surface area contributed by atoms with Crippen LogP contribution in [0, 0.1) is 17.3 Å². The second kappa shape index (κ2) is 5.53. The molecule has 2 saturated carbocycles. The average Bonchev–Trinajstić information content (AvgIpc) is 2.60. The monoisotopic (exact) mass is 293 g/mol. The molecule has 2 heteroatoms. The molecule has 0 amide bonds. The first-order valence-corrected chi connectivity index (χ1v) is 9.26. The Labute approximate surface area is 131 Å². The minimum atomic E-state index is 0.0897. The Balaban J connectivity index is 1.66. The third-order valence-electron chi connectivity index (χ3n) is 6.95. The van der Waals surface area contributed by atoms with E-state index in [1.165, 1.54) is 64.2 Å². The third kappa shape index (κ3) is 3.17. The molecule has 1 aliphatic heterocycles. The zero-order valence-corrected chi connectivity index (χ0v) is 14.4. The van der Waals surface area contributed by atoms with Gasteiger partial charge in [0, 0.05) is 12.1 Å². The Morgan fingerprint density at radius 2 is 1.71 bits per heavy atom. The van der Waals surface area contributed by atoms with Crippen molar-refractivity contribution in [2.75, 3.05) is 6.61 Å². The molecular weight excluding hydrogens is 258 g/mol. The van der Waals surface area contributed by atoms with Crippen molar-refractivity contribution in [1.82, 2.24) is 0 Å². The van der Waals surface area contributed by atoms with Crippen LogP contribution in [-0.4, -0.2) is 17.7 Å². The smallest absolute Gasteiger partial charge is 0.0686 e. The van der Waals surface area contributed by atoms with E-state index in [0.29, 0.717) is 11.3 Å². The summed E-state index contributed by atoms with van der Waals surface area (Å²) in [6.45, 7) is 8.16. The fraction of sp³-hybridized carbons (Fsp3) is 1.00. The minimum Gasteiger partial charge on any atom is -0.375 e. The molecule has 0 aromatic carbocycles. The SMILES string of the molecule is CC(C)(C)C1CCCC(N)(C2CCOC3(CCC3)C2)CC1. The van der Waals surface area contributed by atoms with Crippen molar-refractivity contribution in [2.45, 2.75) is 96.1 Å². The van der Waals surface area contributed by atoms with Crippen LogP contribution < -0.4 is 5.73 Å². The maximum Gasteiger partial charge on any atom is 0.0686 e. The van der Waals surface area contributed by atoms with Gasteiger partial charge >= 0.3 is 0 Å². The van der Waals surface area contributed by atoms with Crippen LogP contribution in [0.15, 0.2) is 0 Å². The molecule has 0 aromatic heterocycles. The molecule has 3 rings (SSSR count). The van der Waals surface area contributed by atoms with Crippen LogP contribution in [0.25, 0.3) is 0 Å². The summed E-state index contributed by atoms with van der Waals surface area (Å²) < 4.78 is 6.12. The first-order valence-electron chi connectivity index (χ1n) is 9.26. The largest absolute Gasteiger partial charge is 0.375 e. The standard InChI is InChI=1S/C19H35NO/c1-17(2,3)15-6-4-11-19(20,12-7-15)16-8-13-21-18(14-16)9-5-10-18/h15-16H,4-14,20H2,1-3H3. The van der Waals surface area contributed by atoms with E-state index in [1.54, 1.807) is 0 Å². The lowest BCUT2D eigenvalue weighted by molar-refractivity contribution is -0.153. The van der Waals surface area contributed by atoms with Crippen molar-refractivity contribution in [3.8, 4) is 0 Å². The lowest BCUT2D eigenvalue weighted by Crippen LogP contribution is -2.55. The van der Waals surface area contributed by atoms with Crippen LogP contribution in [0.2, 0.25) is 0 Å². The van der Waals surface area contributed by atoms with Gasteiger partial charge in [-0.25, -0.2) is 0 Å². The highest BCUT2D eigenvalue weighted by Gasteiger charge is 2.48. The molecule has 2 nitrogen and oxygen atoms in total. The van der Waals surface area contributed by atoms with Gasteiger partial charge in [-0.2, -0.15) is 0 Å². The van der Waals surface area contributed by atoms with Gasteiger partial charge in [0.05, 0.1) is 5.60 Å². The number of ether oxygens (including phenoxy) is 1. The Morgan fingerprint density at radius 3 is 2.33 bits per heavy atom. The Kier molecular flexibility index (Phi) is 4.16. The summed E-state index contributed by atoms with van der Waals surface area (Å²) in [5.41, 5.74) is 7.75.